The van der Waals surface area contributed by atoms with Crippen molar-refractivity contribution in [2.45, 2.75) is 32.9 Å². The summed E-state index contributed by atoms with van der Waals surface area (Å²) in [4.78, 5) is 15.4. The molecule has 0 bridgehead atoms. The number of pyridine rings is 1. The van der Waals surface area contributed by atoms with E-state index >= 15 is 0 Å². The van der Waals surface area contributed by atoms with Crippen molar-refractivity contribution in [1.29, 1.82) is 0 Å². The van der Waals surface area contributed by atoms with Gasteiger partial charge in [-0.15, -0.1) is 0 Å². The van der Waals surface area contributed by atoms with Gasteiger partial charge in [0.25, 0.3) is 0 Å². The smallest absolute Gasteiger partial charge is 0.339 e. The Balaban J connectivity index is 1.88. The summed E-state index contributed by atoms with van der Waals surface area (Å²) in [7, 11) is 1.37. The lowest BCUT2D eigenvalue weighted by molar-refractivity contribution is 0.0600. The third-order valence-corrected chi connectivity index (χ3v) is 3.29. The molecule has 4 heteroatoms. The van der Waals surface area contributed by atoms with Crippen molar-refractivity contribution in [2.24, 2.45) is 5.41 Å². The van der Waals surface area contributed by atoms with E-state index in [2.05, 4.69) is 28.9 Å². The van der Waals surface area contributed by atoms with E-state index in [1.54, 1.807) is 12.3 Å². The SMILES string of the molecule is COC(=O)c1ccc(CNC2CC2(C)C)nc1. The van der Waals surface area contributed by atoms with Crippen LogP contribution in [0.4, 0.5) is 0 Å². The zero-order chi connectivity index (χ0) is 12.5. The van der Waals surface area contributed by atoms with E-state index in [0.29, 0.717) is 17.0 Å². The van der Waals surface area contributed by atoms with Gasteiger partial charge in [0.15, 0.2) is 0 Å². The van der Waals surface area contributed by atoms with Gasteiger partial charge in [-0.05, 0) is 24.0 Å². The zero-order valence-corrected chi connectivity index (χ0v) is 10.5. The maximum atomic E-state index is 11.2. The highest BCUT2D eigenvalue weighted by molar-refractivity contribution is 5.88. The Bertz CT molecular complexity index is 412. The molecule has 4 nitrogen and oxygen atoms in total. The van der Waals surface area contributed by atoms with Gasteiger partial charge in [0.2, 0.25) is 0 Å². The van der Waals surface area contributed by atoms with Gasteiger partial charge < -0.3 is 10.1 Å². The summed E-state index contributed by atoms with van der Waals surface area (Å²) in [6.45, 7) is 5.24. The fourth-order valence-corrected chi connectivity index (χ4v) is 1.81. The quantitative estimate of drug-likeness (QED) is 0.806. The molecule has 0 aliphatic heterocycles. The van der Waals surface area contributed by atoms with Crippen LogP contribution in [0.3, 0.4) is 0 Å². The highest BCUT2D eigenvalue weighted by atomic mass is 16.5. The van der Waals surface area contributed by atoms with Crippen LogP contribution in [0, 0.1) is 5.41 Å². The second kappa shape index (κ2) is 4.45. The predicted octanol–water partition coefficient (Wildman–Crippen LogP) is 1.76. The summed E-state index contributed by atoms with van der Waals surface area (Å²) < 4.78 is 4.62. The van der Waals surface area contributed by atoms with Gasteiger partial charge in [-0.2, -0.15) is 0 Å². The van der Waals surface area contributed by atoms with E-state index in [9.17, 15) is 4.79 Å². The third-order valence-electron chi connectivity index (χ3n) is 3.29. The lowest BCUT2D eigenvalue weighted by atomic mass is 10.2. The molecule has 0 spiro atoms. The Morgan fingerprint density at radius 3 is 2.76 bits per heavy atom. The summed E-state index contributed by atoms with van der Waals surface area (Å²) >= 11 is 0. The highest BCUT2D eigenvalue weighted by Gasteiger charge is 2.44. The highest BCUT2D eigenvalue weighted by Crippen LogP contribution is 2.44. The summed E-state index contributed by atoms with van der Waals surface area (Å²) in [5.74, 6) is -0.347. The molecular weight excluding hydrogens is 216 g/mol. The van der Waals surface area contributed by atoms with Crippen LogP contribution in [-0.2, 0) is 11.3 Å². The number of aromatic nitrogens is 1. The first kappa shape index (κ1) is 12.0. The zero-order valence-electron chi connectivity index (χ0n) is 10.5. The maximum Gasteiger partial charge on any atom is 0.339 e. The second-order valence-electron chi connectivity index (χ2n) is 5.16. The number of nitrogens with zero attached hydrogens (tertiary/aromatic N) is 1. The lowest BCUT2D eigenvalue weighted by Gasteiger charge is -2.06. The molecule has 1 aliphatic rings. The second-order valence-corrected chi connectivity index (χ2v) is 5.16. The average Bonchev–Trinajstić information content (AvgIpc) is 2.94. The number of methoxy groups -OCH3 is 1. The molecule has 1 aromatic rings. The van der Waals surface area contributed by atoms with Gasteiger partial charge in [-0.25, -0.2) is 4.79 Å². The molecule has 1 unspecified atom stereocenters. The molecule has 0 radical (unpaired) electrons. The number of rotatable bonds is 4. The van der Waals surface area contributed by atoms with E-state index < -0.39 is 0 Å². The Hall–Kier alpha value is -1.42. The largest absolute Gasteiger partial charge is 0.465 e. The molecule has 92 valence electrons. The van der Waals surface area contributed by atoms with Gasteiger partial charge >= 0.3 is 5.97 Å². The summed E-state index contributed by atoms with van der Waals surface area (Å²) in [6.07, 6.45) is 2.77. The Kier molecular flexibility index (Phi) is 3.15. The van der Waals surface area contributed by atoms with Gasteiger partial charge in [0.05, 0.1) is 18.4 Å². The minimum atomic E-state index is -0.347. The number of carbonyl (C=O) groups excluding carboxylic acids is 1. The number of hydrogen-bond donors (Lipinski definition) is 1. The van der Waals surface area contributed by atoms with Gasteiger partial charge in [-0.1, -0.05) is 13.8 Å². The molecule has 1 fully saturated rings. The van der Waals surface area contributed by atoms with E-state index in [-0.39, 0.29) is 5.97 Å². The molecule has 0 amide bonds. The van der Waals surface area contributed by atoms with Crippen LogP contribution in [0.1, 0.15) is 36.3 Å². The molecule has 0 saturated heterocycles. The first-order valence-electron chi connectivity index (χ1n) is 5.79. The standard InChI is InChI=1S/C13H18N2O2/c1-13(2)6-11(13)15-8-10-5-4-9(7-14-10)12(16)17-3/h4-5,7,11,15H,6,8H2,1-3H3. The minimum absolute atomic E-state index is 0.347. The van der Waals surface area contributed by atoms with Crippen molar-refractivity contribution in [3.05, 3.63) is 29.6 Å². The van der Waals surface area contributed by atoms with Crippen molar-refractivity contribution in [1.82, 2.24) is 10.3 Å². The summed E-state index contributed by atoms with van der Waals surface area (Å²) in [5, 5.41) is 3.45. The van der Waals surface area contributed by atoms with Gasteiger partial charge in [0.1, 0.15) is 0 Å². The van der Waals surface area contributed by atoms with E-state index in [4.69, 9.17) is 0 Å². The summed E-state index contributed by atoms with van der Waals surface area (Å²) in [5.41, 5.74) is 1.86. The Labute approximate surface area is 101 Å². The number of carbonyl (C=O) groups is 1. The number of esters is 1. The van der Waals surface area contributed by atoms with Crippen LogP contribution in [0.5, 0.6) is 0 Å². The van der Waals surface area contributed by atoms with Crippen molar-refractivity contribution >= 4 is 5.97 Å². The van der Waals surface area contributed by atoms with Crippen LogP contribution in [0.15, 0.2) is 18.3 Å². The topological polar surface area (TPSA) is 51.2 Å². The van der Waals surface area contributed by atoms with E-state index in [1.807, 2.05) is 6.07 Å². The van der Waals surface area contributed by atoms with Crippen molar-refractivity contribution in [3.8, 4) is 0 Å². The number of hydrogen-bond acceptors (Lipinski definition) is 4. The van der Waals surface area contributed by atoms with Crippen LogP contribution in [-0.4, -0.2) is 24.1 Å². The lowest BCUT2D eigenvalue weighted by Crippen LogP contribution is -2.20. The Morgan fingerprint density at radius 1 is 1.59 bits per heavy atom. The predicted molar refractivity (Wildman–Crippen MR) is 64.6 cm³/mol. The van der Waals surface area contributed by atoms with E-state index in [1.165, 1.54) is 13.5 Å². The third kappa shape index (κ3) is 2.82. The van der Waals surface area contributed by atoms with Crippen LogP contribution < -0.4 is 5.32 Å². The minimum Gasteiger partial charge on any atom is -0.465 e. The van der Waals surface area contributed by atoms with Crippen LogP contribution >= 0.6 is 0 Å². The normalized spacial score (nSPS) is 21.0. The molecule has 1 aliphatic carbocycles. The molecule has 1 saturated carbocycles. The Morgan fingerprint density at radius 2 is 2.29 bits per heavy atom. The molecule has 1 N–H and O–H groups in total. The van der Waals surface area contributed by atoms with Crippen LogP contribution in [0.2, 0.25) is 0 Å². The molecule has 17 heavy (non-hydrogen) atoms. The van der Waals surface area contributed by atoms with Gasteiger partial charge in [-0.3, -0.25) is 4.98 Å². The summed E-state index contributed by atoms with van der Waals surface area (Å²) in [6, 6.07) is 4.19. The molecule has 1 atom stereocenters. The molecule has 1 aromatic heterocycles. The first-order valence-corrected chi connectivity index (χ1v) is 5.79. The fraction of sp³-hybridized carbons (Fsp3) is 0.538. The van der Waals surface area contributed by atoms with Crippen molar-refractivity contribution in [2.75, 3.05) is 7.11 Å². The van der Waals surface area contributed by atoms with Gasteiger partial charge in [0, 0.05) is 18.8 Å². The number of ether oxygens (including phenoxy) is 1. The molecule has 2 rings (SSSR count). The molecular formula is C13H18N2O2. The molecule has 0 aromatic carbocycles. The molecule has 1 heterocycles. The van der Waals surface area contributed by atoms with Crippen LogP contribution in [0.25, 0.3) is 0 Å². The monoisotopic (exact) mass is 234 g/mol. The maximum absolute atomic E-state index is 11.2. The van der Waals surface area contributed by atoms with Crippen molar-refractivity contribution in [3.63, 3.8) is 0 Å². The average molecular weight is 234 g/mol. The fourth-order valence-electron chi connectivity index (χ4n) is 1.81. The first-order chi connectivity index (χ1) is 8.03. The van der Waals surface area contributed by atoms with E-state index in [0.717, 1.165) is 12.2 Å². The van der Waals surface area contributed by atoms with Crippen molar-refractivity contribution < 1.29 is 9.53 Å². The number of nitrogens with one attached hydrogen (secondary N) is 1.